The molecule has 0 saturated carbocycles. The molecule has 3 amide bonds. The standard InChI is InChI=1S/C32H44N6O7S2/c1-21(2)17-38(47(44,45)27-13-11-25(12-14-27)16-33-43)19-29(40)28(15-24-9-7-6-8-10-24)35-31(41)30(22(3)39)36-32(42)37(5)18-26-20-46-23(4)34-26/h6-14,16,20-22,28-30,39-40,43H,15,17-19H2,1-5H3,(H,35,41)(H,36,42)/b33-16+/t22-,28-,29?,30+/m0/s1. The molecule has 0 fully saturated rings. The van der Waals surface area contributed by atoms with Gasteiger partial charge in [0.2, 0.25) is 15.9 Å². The first-order valence-corrected chi connectivity index (χ1v) is 17.4. The summed E-state index contributed by atoms with van der Waals surface area (Å²) in [6.45, 7) is 6.85. The highest BCUT2D eigenvalue weighted by Gasteiger charge is 2.34. The molecule has 0 saturated heterocycles. The number of thiazole rings is 1. The molecule has 0 radical (unpaired) electrons. The number of aryl methyl sites for hydroxylation is 1. The van der Waals surface area contributed by atoms with Crippen molar-refractivity contribution in [1.82, 2.24) is 24.8 Å². The Labute approximate surface area is 280 Å². The number of oxime groups is 1. The minimum absolute atomic E-state index is 0.0158. The third-order valence-corrected chi connectivity index (χ3v) is 9.90. The van der Waals surface area contributed by atoms with E-state index in [0.29, 0.717) is 11.3 Å². The Hall–Kier alpha value is -3.89. The number of hydrogen-bond acceptors (Lipinski definition) is 10. The zero-order chi connectivity index (χ0) is 34.7. The molecule has 2 aromatic carbocycles. The Balaban J connectivity index is 1.84. The maximum Gasteiger partial charge on any atom is 0.318 e. The van der Waals surface area contributed by atoms with Crippen molar-refractivity contribution in [3.05, 3.63) is 81.8 Å². The van der Waals surface area contributed by atoms with E-state index in [-0.39, 0.29) is 36.9 Å². The molecule has 3 rings (SSSR count). The third-order valence-electron chi connectivity index (χ3n) is 7.23. The van der Waals surface area contributed by atoms with Gasteiger partial charge in [0.05, 0.1) is 46.6 Å². The van der Waals surface area contributed by atoms with Crippen LogP contribution < -0.4 is 10.6 Å². The van der Waals surface area contributed by atoms with E-state index in [9.17, 15) is 28.2 Å². The Morgan fingerprint density at radius 3 is 2.23 bits per heavy atom. The molecule has 4 atom stereocenters. The average molecular weight is 689 g/mol. The van der Waals surface area contributed by atoms with Crippen LogP contribution in [0, 0.1) is 12.8 Å². The van der Waals surface area contributed by atoms with Crippen molar-refractivity contribution in [1.29, 1.82) is 0 Å². The van der Waals surface area contributed by atoms with Crippen molar-refractivity contribution >= 4 is 39.5 Å². The van der Waals surface area contributed by atoms with E-state index in [4.69, 9.17) is 5.21 Å². The molecule has 0 spiro atoms. The summed E-state index contributed by atoms with van der Waals surface area (Å²) in [7, 11) is -2.55. The summed E-state index contributed by atoms with van der Waals surface area (Å²) in [6, 6.07) is 11.9. The molecule has 1 heterocycles. The van der Waals surface area contributed by atoms with Crippen molar-refractivity contribution in [2.24, 2.45) is 11.1 Å². The molecule has 15 heteroatoms. The number of nitrogens with one attached hydrogen (secondary N) is 2. The van der Waals surface area contributed by atoms with E-state index in [0.717, 1.165) is 10.6 Å². The van der Waals surface area contributed by atoms with Gasteiger partial charge in [0.15, 0.2) is 0 Å². The van der Waals surface area contributed by atoms with Crippen LogP contribution in [0.3, 0.4) is 0 Å². The molecule has 1 aromatic heterocycles. The number of hydrogen-bond donors (Lipinski definition) is 5. The molecule has 13 nitrogen and oxygen atoms in total. The summed E-state index contributed by atoms with van der Waals surface area (Å²) in [6.07, 6.45) is -1.36. The number of amides is 3. The molecular weight excluding hydrogens is 645 g/mol. The summed E-state index contributed by atoms with van der Waals surface area (Å²) in [5, 5.41) is 41.8. The summed E-state index contributed by atoms with van der Waals surface area (Å²) in [5.41, 5.74) is 1.95. The summed E-state index contributed by atoms with van der Waals surface area (Å²) in [4.78, 5) is 32.3. The third kappa shape index (κ3) is 11.1. The lowest BCUT2D eigenvalue weighted by molar-refractivity contribution is -0.127. The number of aliphatic hydroxyl groups excluding tert-OH is 2. The highest BCUT2D eigenvalue weighted by molar-refractivity contribution is 7.89. The van der Waals surface area contributed by atoms with Crippen molar-refractivity contribution in [3.63, 3.8) is 0 Å². The lowest BCUT2D eigenvalue weighted by Gasteiger charge is -2.32. The zero-order valence-corrected chi connectivity index (χ0v) is 28.8. The fraction of sp³-hybridized carbons (Fsp3) is 0.438. The normalized spacial score (nSPS) is 14.6. The molecule has 0 aliphatic carbocycles. The molecule has 256 valence electrons. The van der Waals surface area contributed by atoms with E-state index >= 15 is 0 Å². The molecule has 0 aliphatic heterocycles. The van der Waals surface area contributed by atoms with Crippen LogP contribution in [0.4, 0.5) is 4.79 Å². The van der Waals surface area contributed by atoms with Gasteiger partial charge < -0.3 is 31.0 Å². The van der Waals surface area contributed by atoms with Gasteiger partial charge in [-0.3, -0.25) is 4.79 Å². The first-order valence-electron chi connectivity index (χ1n) is 15.1. The number of carbonyl (C=O) groups excluding carboxylic acids is 2. The van der Waals surface area contributed by atoms with E-state index in [1.54, 1.807) is 19.2 Å². The maximum absolute atomic E-state index is 13.7. The number of benzene rings is 2. The van der Waals surface area contributed by atoms with E-state index in [2.05, 4.69) is 20.8 Å². The number of carbonyl (C=O) groups is 2. The first kappa shape index (κ1) is 37.6. The van der Waals surface area contributed by atoms with Crippen LogP contribution in [-0.4, -0.2) is 101 Å². The molecule has 47 heavy (non-hydrogen) atoms. The quantitative estimate of drug-likeness (QED) is 0.0864. The average Bonchev–Trinajstić information content (AvgIpc) is 3.43. The minimum Gasteiger partial charge on any atom is -0.411 e. The summed E-state index contributed by atoms with van der Waals surface area (Å²) >= 11 is 1.45. The van der Waals surface area contributed by atoms with Gasteiger partial charge in [-0.2, -0.15) is 4.31 Å². The fourth-order valence-electron chi connectivity index (χ4n) is 4.82. The number of aromatic nitrogens is 1. The van der Waals surface area contributed by atoms with E-state index in [1.165, 1.54) is 57.9 Å². The number of sulfonamides is 1. The highest BCUT2D eigenvalue weighted by Crippen LogP contribution is 2.20. The number of nitrogens with zero attached hydrogens (tertiary/aromatic N) is 4. The molecule has 1 unspecified atom stereocenters. The molecule has 0 bridgehead atoms. The second-order valence-electron chi connectivity index (χ2n) is 11.8. The Kier molecular flexibility index (Phi) is 13.8. The predicted octanol–water partition coefficient (Wildman–Crippen LogP) is 2.59. The predicted molar refractivity (Wildman–Crippen MR) is 180 cm³/mol. The zero-order valence-electron chi connectivity index (χ0n) is 27.1. The minimum atomic E-state index is -4.09. The van der Waals surface area contributed by atoms with Crippen LogP contribution >= 0.6 is 11.3 Å². The van der Waals surface area contributed by atoms with Gasteiger partial charge >= 0.3 is 6.03 Å². The van der Waals surface area contributed by atoms with Gasteiger partial charge in [-0.05, 0) is 49.4 Å². The number of urea groups is 1. The van der Waals surface area contributed by atoms with Gasteiger partial charge in [0.1, 0.15) is 6.04 Å². The van der Waals surface area contributed by atoms with E-state index < -0.39 is 46.3 Å². The SMILES string of the molecule is Cc1nc(CN(C)C(=O)N[C@@H](C(=O)N[C@@H](Cc2ccccc2)C(O)CN(CC(C)C)S(=O)(=O)c2ccc(/C=N/O)cc2)[C@H](C)O)cs1. The molecule has 3 aromatic rings. The monoisotopic (exact) mass is 688 g/mol. The van der Waals surface area contributed by atoms with Crippen LogP contribution in [0.15, 0.2) is 70.0 Å². The molecular formula is C32H44N6O7S2. The highest BCUT2D eigenvalue weighted by atomic mass is 32.2. The lowest BCUT2D eigenvalue weighted by Crippen LogP contribution is -2.59. The van der Waals surface area contributed by atoms with Gasteiger partial charge in [0.25, 0.3) is 0 Å². The number of rotatable bonds is 16. The van der Waals surface area contributed by atoms with Crippen LogP contribution in [0.25, 0.3) is 0 Å². The molecule has 0 aliphatic rings. The Bertz CT molecular complexity index is 1580. The van der Waals surface area contributed by atoms with Gasteiger partial charge in [-0.25, -0.2) is 18.2 Å². The second kappa shape index (κ2) is 17.3. The smallest absolute Gasteiger partial charge is 0.318 e. The maximum atomic E-state index is 13.7. The topological polar surface area (TPSA) is 185 Å². The summed E-state index contributed by atoms with van der Waals surface area (Å²) < 4.78 is 28.7. The van der Waals surface area contributed by atoms with Crippen molar-refractivity contribution < 1.29 is 33.4 Å². The van der Waals surface area contributed by atoms with Gasteiger partial charge in [-0.15, -0.1) is 11.3 Å². The van der Waals surface area contributed by atoms with Gasteiger partial charge in [0, 0.05) is 25.5 Å². The fourth-order valence-corrected chi connectivity index (χ4v) is 7.05. The Morgan fingerprint density at radius 2 is 1.68 bits per heavy atom. The van der Waals surface area contributed by atoms with Crippen molar-refractivity contribution in [3.8, 4) is 0 Å². The van der Waals surface area contributed by atoms with Crippen molar-refractivity contribution in [2.75, 3.05) is 20.1 Å². The van der Waals surface area contributed by atoms with Crippen LogP contribution in [-0.2, 0) is 27.8 Å². The molecule has 5 N–H and O–H groups in total. The van der Waals surface area contributed by atoms with Crippen LogP contribution in [0.1, 0.15) is 42.6 Å². The van der Waals surface area contributed by atoms with E-state index in [1.807, 2.05) is 44.4 Å². The number of aliphatic hydroxyl groups is 2. The largest absolute Gasteiger partial charge is 0.411 e. The van der Waals surface area contributed by atoms with Crippen molar-refractivity contribution in [2.45, 2.75) is 69.8 Å². The van der Waals surface area contributed by atoms with Crippen LogP contribution in [0.5, 0.6) is 0 Å². The van der Waals surface area contributed by atoms with Gasteiger partial charge in [-0.1, -0.05) is 61.5 Å². The van der Waals surface area contributed by atoms with Crippen LogP contribution in [0.2, 0.25) is 0 Å². The summed E-state index contributed by atoms with van der Waals surface area (Å²) in [5.74, 6) is -0.842. The first-order chi connectivity index (χ1) is 22.2. The second-order valence-corrected chi connectivity index (χ2v) is 14.8. The Morgan fingerprint density at radius 1 is 1.02 bits per heavy atom. The lowest BCUT2D eigenvalue weighted by atomic mass is 10.00.